The minimum Gasteiger partial charge on any atom is -0.463 e. The van der Waals surface area contributed by atoms with E-state index in [1.54, 1.807) is 43.2 Å². The van der Waals surface area contributed by atoms with E-state index in [1.165, 1.54) is 0 Å². The second-order valence-electron chi connectivity index (χ2n) is 8.61. The van der Waals surface area contributed by atoms with Gasteiger partial charge in [-0.3, -0.25) is 4.79 Å². The van der Waals surface area contributed by atoms with Crippen molar-refractivity contribution in [2.24, 2.45) is 0 Å². The molecular formula is C22H34ClNO5Si. The van der Waals surface area contributed by atoms with E-state index in [9.17, 15) is 9.59 Å². The van der Waals surface area contributed by atoms with E-state index in [0.717, 1.165) is 32.1 Å². The lowest BCUT2D eigenvalue weighted by Crippen LogP contribution is -2.60. The molecule has 1 atom stereocenters. The molecule has 0 bridgehead atoms. The number of rotatable bonds is 9. The molecule has 0 heterocycles. The summed E-state index contributed by atoms with van der Waals surface area (Å²) in [6.07, 6.45) is 4.99. The molecule has 1 aliphatic rings. The second-order valence-corrected chi connectivity index (χ2v) is 13.5. The highest BCUT2D eigenvalue weighted by Gasteiger charge is 2.55. The zero-order chi connectivity index (χ0) is 22.4. The predicted molar refractivity (Wildman–Crippen MR) is 120 cm³/mol. The summed E-state index contributed by atoms with van der Waals surface area (Å²) in [6.45, 7) is 7.80. The van der Waals surface area contributed by atoms with Crippen LogP contribution < -0.4 is 0 Å². The van der Waals surface area contributed by atoms with Gasteiger partial charge in [-0.1, -0.05) is 43.0 Å². The summed E-state index contributed by atoms with van der Waals surface area (Å²) in [7, 11) is -0.832. The van der Waals surface area contributed by atoms with E-state index < -0.39 is 25.8 Å². The number of amides is 1. The summed E-state index contributed by atoms with van der Waals surface area (Å²) in [5.41, 5.74) is -1.46. The first-order valence-electron chi connectivity index (χ1n) is 10.6. The number of halogens is 1. The van der Waals surface area contributed by atoms with Crippen molar-refractivity contribution in [3.05, 3.63) is 34.9 Å². The molecule has 0 saturated heterocycles. The van der Waals surface area contributed by atoms with Gasteiger partial charge in [-0.25, -0.2) is 4.79 Å². The molecule has 0 N–H and O–H groups in total. The van der Waals surface area contributed by atoms with Crippen LogP contribution in [0.15, 0.2) is 24.3 Å². The molecule has 1 amide bonds. The molecule has 6 nitrogen and oxygen atoms in total. The van der Waals surface area contributed by atoms with E-state index in [-0.39, 0.29) is 19.4 Å². The third-order valence-corrected chi connectivity index (χ3v) is 6.29. The van der Waals surface area contributed by atoms with Gasteiger partial charge in [0.25, 0.3) is 11.5 Å². The lowest BCUT2D eigenvalue weighted by Gasteiger charge is -2.42. The van der Waals surface area contributed by atoms with Gasteiger partial charge in [0, 0.05) is 23.7 Å². The molecule has 168 valence electrons. The Hall–Kier alpha value is -1.41. The van der Waals surface area contributed by atoms with Gasteiger partial charge in [0.1, 0.15) is 6.73 Å². The Bertz CT molecular complexity index is 715. The van der Waals surface area contributed by atoms with Crippen LogP contribution in [-0.2, 0) is 29.1 Å². The first-order chi connectivity index (χ1) is 14.2. The number of hydrogen-bond donors (Lipinski definition) is 0. The highest BCUT2D eigenvalue weighted by Crippen LogP contribution is 2.36. The number of nitrogens with zero attached hydrogens (tertiary/aromatic N) is 1. The number of benzene rings is 1. The summed E-state index contributed by atoms with van der Waals surface area (Å²) < 4.78 is 17.2. The highest BCUT2D eigenvalue weighted by molar-refractivity contribution is 6.70. The zero-order valence-corrected chi connectivity index (χ0v) is 20.5. The van der Waals surface area contributed by atoms with Gasteiger partial charge in [0.2, 0.25) is 0 Å². The van der Waals surface area contributed by atoms with Crippen LogP contribution in [0.2, 0.25) is 24.7 Å². The van der Waals surface area contributed by atoms with Crippen LogP contribution in [0.5, 0.6) is 0 Å². The molecule has 0 radical (unpaired) electrons. The highest BCUT2D eigenvalue weighted by atomic mass is 35.5. The maximum atomic E-state index is 14.1. The quantitative estimate of drug-likeness (QED) is 0.233. The molecule has 0 aromatic heterocycles. The molecule has 1 aliphatic carbocycles. The minimum absolute atomic E-state index is 0.00228. The smallest absolute Gasteiger partial charge is 0.352 e. The first kappa shape index (κ1) is 24.9. The minimum atomic E-state index is -2.38. The lowest BCUT2D eigenvalue weighted by molar-refractivity contribution is -0.179. The fourth-order valence-corrected chi connectivity index (χ4v) is 5.25. The number of methoxy groups -OCH3 is 1. The largest absolute Gasteiger partial charge is 0.463 e. The molecule has 1 fully saturated rings. The lowest BCUT2D eigenvalue weighted by atomic mass is 9.89. The maximum Gasteiger partial charge on any atom is 0.352 e. The van der Waals surface area contributed by atoms with Crippen LogP contribution >= 0.6 is 11.6 Å². The van der Waals surface area contributed by atoms with Crippen LogP contribution in [0.1, 0.15) is 44.6 Å². The number of hydrogen-bond acceptors (Lipinski definition) is 5. The van der Waals surface area contributed by atoms with Crippen molar-refractivity contribution in [3.8, 4) is 0 Å². The van der Waals surface area contributed by atoms with Crippen molar-refractivity contribution >= 4 is 31.8 Å². The third-order valence-electron chi connectivity index (χ3n) is 5.12. The molecule has 30 heavy (non-hydrogen) atoms. The van der Waals surface area contributed by atoms with Crippen molar-refractivity contribution in [2.45, 2.75) is 70.3 Å². The first-order valence-corrected chi connectivity index (χ1v) is 14.4. The molecule has 1 unspecified atom stereocenters. The van der Waals surface area contributed by atoms with Crippen molar-refractivity contribution in [1.29, 1.82) is 0 Å². The Balaban J connectivity index is 2.64. The van der Waals surface area contributed by atoms with Crippen molar-refractivity contribution < 1.29 is 23.5 Å². The third kappa shape index (κ3) is 5.84. The van der Waals surface area contributed by atoms with Crippen LogP contribution in [-0.4, -0.2) is 51.6 Å². The van der Waals surface area contributed by atoms with Crippen LogP contribution in [0, 0.1) is 0 Å². The van der Waals surface area contributed by atoms with E-state index in [0.29, 0.717) is 10.6 Å². The summed E-state index contributed by atoms with van der Waals surface area (Å²) in [5.74, 6) is -1.13. The molecule has 2 rings (SSSR count). The fourth-order valence-electron chi connectivity index (χ4n) is 3.91. The molecule has 8 heteroatoms. The van der Waals surface area contributed by atoms with Crippen LogP contribution in [0.25, 0.3) is 0 Å². The number of carbonyl (C=O) groups is 2. The van der Waals surface area contributed by atoms with Gasteiger partial charge in [-0.15, -0.1) is 0 Å². The summed E-state index contributed by atoms with van der Waals surface area (Å²) >= 11 is 6.09. The number of esters is 1. The van der Waals surface area contributed by atoms with E-state index in [1.807, 2.05) is 19.6 Å². The van der Waals surface area contributed by atoms with Gasteiger partial charge in [-0.2, -0.15) is 0 Å². The number of carbonyl (C=O) groups excluding carboxylic acids is 2. The van der Waals surface area contributed by atoms with E-state index >= 15 is 0 Å². The van der Waals surface area contributed by atoms with Gasteiger partial charge in [0.05, 0.1) is 6.61 Å². The van der Waals surface area contributed by atoms with Gasteiger partial charge in [0.15, 0.2) is 8.32 Å². The maximum absolute atomic E-state index is 14.1. The summed E-state index contributed by atoms with van der Waals surface area (Å²) in [5, 5.41) is 0.512. The van der Waals surface area contributed by atoms with Crippen LogP contribution in [0.3, 0.4) is 0 Å². The number of ether oxygens (including phenoxy) is 2. The second kappa shape index (κ2) is 10.8. The normalized spacial score (nSPS) is 17.3. The summed E-state index contributed by atoms with van der Waals surface area (Å²) in [4.78, 5) is 29.2. The SMILES string of the molecule is CCOC(=O)C(O[Si](C)(C)C)(C(=O)N(COC)C1CCCCC1)c1ccc(Cl)cc1. The fraction of sp³-hybridized carbons (Fsp3) is 0.636. The standard InChI is InChI=1S/C22H34ClNO5Si/c1-6-28-21(26)22(29-30(3,4)5,17-12-14-18(23)15-13-17)20(25)24(16-27-2)19-10-8-7-9-11-19/h12-15,19H,6-11,16H2,1-5H3. The zero-order valence-electron chi connectivity index (χ0n) is 18.7. The molecule has 0 spiro atoms. The molecule has 1 aromatic carbocycles. The Labute approximate surface area is 185 Å². The average molecular weight is 456 g/mol. The van der Waals surface area contributed by atoms with Crippen molar-refractivity contribution in [2.75, 3.05) is 20.4 Å². The Morgan fingerprint density at radius 2 is 1.73 bits per heavy atom. The van der Waals surface area contributed by atoms with Crippen LogP contribution in [0.4, 0.5) is 0 Å². The Morgan fingerprint density at radius 3 is 2.23 bits per heavy atom. The van der Waals surface area contributed by atoms with Gasteiger partial charge in [-0.05, 0) is 51.5 Å². The van der Waals surface area contributed by atoms with Gasteiger partial charge >= 0.3 is 5.97 Å². The molecule has 1 saturated carbocycles. The average Bonchev–Trinajstić information content (AvgIpc) is 2.70. The van der Waals surface area contributed by atoms with Crippen molar-refractivity contribution in [1.82, 2.24) is 4.90 Å². The van der Waals surface area contributed by atoms with Gasteiger partial charge < -0.3 is 18.8 Å². The molecule has 1 aromatic rings. The Morgan fingerprint density at radius 1 is 1.13 bits per heavy atom. The van der Waals surface area contributed by atoms with E-state index in [4.69, 9.17) is 25.5 Å². The Kier molecular flexibility index (Phi) is 8.91. The topological polar surface area (TPSA) is 65.1 Å². The molecule has 0 aliphatic heterocycles. The monoisotopic (exact) mass is 455 g/mol. The summed E-state index contributed by atoms with van der Waals surface area (Å²) in [6, 6.07) is 6.66. The predicted octanol–water partition coefficient (Wildman–Crippen LogP) is 4.72. The van der Waals surface area contributed by atoms with Crippen molar-refractivity contribution in [3.63, 3.8) is 0 Å². The van der Waals surface area contributed by atoms with E-state index in [2.05, 4.69) is 0 Å². The molecular weight excluding hydrogens is 422 g/mol.